The fourth-order valence-corrected chi connectivity index (χ4v) is 3.58. The number of carbonyl (C=O) groups is 1. The quantitative estimate of drug-likeness (QED) is 0.902. The lowest BCUT2D eigenvalue weighted by Gasteiger charge is -2.30. The van der Waals surface area contributed by atoms with Gasteiger partial charge in [-0.2, -0.15) is 0 Å². The molecule has 1 aliphatic heterocycles. The first kappa shape index (κ1) is 11.5. The average molecular weight is 261 g/mol. The molecule has 3 rings (SSSR count). The molecule has 0 amide bonds. The average Bonchev–Trinajstić information content (AvgIpc) is 2.82. The summed E-state index contributed by atoms with van der Waals surface area (Å²) in [5.74, 6) is -0.804. The van der Waals surface area contributed by atoms with Crippen LogP contribution in [0.3, 0.4) is 0 Å². The van der Waals surface area contributed by atoms with E-state index in [1.165, 1.54) is 15.1 Å². The second-order valence-electron chi connectivity index (χ2n) is 4.72. The third-order valence-electron chi connectivity index (χ3n) is 3.57. The van der Waals surface area contributed by atoms with Gasteiger partial charge in [0.1, 0.15) is 0 Å². The number of piperidine rings is 1. The molecule has 2 aromatic rings. The first-order valence-corrected chi connectivity index (χ1v) is 7.02. The fraction of sp³-hybridized carbons (Fsp3) is 0.357. The van der Waals surface area contributed by atoms with Crippen molar-refractivity contribution in [1.29, 1.82) is 0 Å². The number of rotatable bonds is 2. The molecule has 4 heteroatoms. The Morgan fingerprint density at radius 1 is 1.28 bits per heavy atom. The number of carboxylic acids is 1. The number of benzene rings is 1. The van der Waals surface area contributed by atoms with Crippen LogP contribution in [0, 0.1) is 5.92 Å². The van der Waals surface area contributed by atoms with E-state index in [-0.39, 0.29) is 5.92 Å². The van der Waals surface area contributed by atoms with E-state index < -0.39 is 5.97 Å². The van der Waals surface area contributed by atoms with Crippen LogP contribution in [-0.2, 0) is 4.79 Å². The zero-order valence-corrected chi connectivity index (χ0v) is 10.8. The molecule has 1 fully saturated rings. The van der Waals surface area contributed by atoms with E-state index in [2.05, 4.69) is 35.2 Å². The lowest BCUT2D eigenvalue weighted by atomic mass is 9.97. The Morgan fingerprint density at radius 3 is 2.67 bits per heavy atom. The highest BCUT2D eigenvalue weighted by atomic mass is 32.1. The Kier molecular flexibility index (Phi) is 2.96. The highest BCUT2D eigenvalue weighted by molar-refractivity contribution is 7.22. The van der Waals surface area contributed by atoms with Crippen molar-refractivity contribution in [3.05, 3.63) is 30.3 Å². The number of hydrogen-bond donors (Lipinski definition) is 1. The summed E-state index contributed by atoms with van der Waals surface area (Å²) in [5.41, 5.74) is 0. The van der Waals surface area contributed by atoms with E-state index in [4.69, 9.17) is 5.11 Å². The molecule has 1 saturated heterocycles. The molecule has 1 aromatic carbocycles. The molecular formula is C14H15NO2S. The first-order chi connectivity index (χ1) is 8.74. The van der Waals surface area contributed by atoms with Gasteiger partial charge < -0.3 is 10.0 Å². The minimum absolute atomic E-state index is 0.157. The van der Waals surface area contributed by atoms with Gasteiger partial charge in [0.2, 0.25) is 0 Å². The highest BCUT2D eigenvalue weighted by Crippen LogP contribution is 2.34. The summed E-state index contributed by atoms with van der Waals surface area (Å²) in [4.78, 5) is 13.2. The summed E-state index contributed by atoms with van der Waals surface area (Å²) in [6.45, 7) is 1.70. The molecule has 94 valence electrons. The Labute approximate surface area is 110 Å². The summed E-state index contributed by atoms with van der Waals surface area (Å²) < 4.78 is 1.30. The third kappa shape index (κ3) is 2.08. The summed E-state index contributed by atoms with van der Waals surface area (Å²) >= 11 is 1.79. The van der Waals surface area contributed by atoms with Gasteiger partial charge >= 0.3 is 5.97 Å². The largest absolute Gasteiger partial charge is 0.481 e. The maximum Gasteiger partial charge on any atom is 0.306 e. The molecule has 0 aliphatic carbocycles. The molecule has 1 aliphatic rings. The molecule has 0 spiro atoms. The second-order valence-corrected chi connectivity index (χ2v) is 5.78. The third-order valence-corrected chi connectivity index (χ3v) is 4.75. The van der Waals surface area contributed by atoms with E-state index in [0.29, 0.717) is 0 Å². The summed E-state index contributed by atoms with van der Waals surface area (Å²) in [6, 6.07) is 10.6. The zero-order valence-electron chi connectivity index (χ0n) is 10.0. The van der Waals surface area contributed by atoms with Crippen LogP contribution >= 0.6 is 11.3 Å². The second kappa shape index (κ2) is 4.61. The summed E-state index contributed by atoms with van der Waals surface area (Å²) in [7, 11) is 0. The minimum Gasteiger partial charge on any atom is -0.481 e. The summed E-state index contributed by atoms with van der Waals surface area (Å²) in [6.07, 6.45) is 1.51. The Hall–Kier alpha value is -1.55. The molecule has 1 aromatic heterocycles. The number of carboxylic acid groups (broad SMARTS) is 1. The molecule has 1 N–H and O–H groups in total. The predicted octanol–water partition coefficient (Wildman–Crippen LogP) is 3.20. The van der Waals surface area contributed by atoms with Crippen LogP contribution in [0.5, 0.6) is 0 Å². The van der Waals surface area contributed by atoms with Crippen molar-refractivity contribution in [2.45, 2.75) is 12.8 Å². The highest BCUT2D eigenvalue weighted by Gasteiger charge is 2.25. The first-order valence-electron chi connectivity index (χ1n) is 6.20. The van der Waals surface area contributed by atoms with Gasteiger partial charge in [0.05, 0.1) is 10.9 Å². The van der Waals surface area contributed by atoms with E-state index in [1.54, 1.807) is 11.3 Å². The van der Waals surface area contributed by atoms with E-state index in [0.717, 1.165) is 25.9 Å². The van der Waals surface area contributed by atoms with Gasteiger partial charge in [0.25, 0.3) is 0 Å². The molecular weight excluding hydrogens is 246 g/mol. The molecule has 0 bridgehead atoms. The Balaban J connectivity index is 1.78. The summed E-state index contributed by atoms with van der Waals surface area (Å²) in [5, 5.41) is 11.5. The van der Waals surface area contributed by atoms with E-state index in [9.17, 15) is 4.79 Å². The number of nitrogens with zero attached hydrogens (tertiary/aromatic N) is 1. The van der Waals surface area contributed by atoms with Crippen LogP contribution in [0.25, 0.3) is 10.1 Å². The topological polar surface area (TPSA) is 40.5 Å². The number of thiophene rings is 1. The normalized spacial score (nSPS) is 17.2. The fourth-order valence-electron chi connectivity index (χ4n) is 2.47. The van der Waals surface area contributed by atoms with Crippen LogP contribution < -0.4 is 4.90 Å². The molecule has 0 unspecified atom stereocenters. The molecule has 0 atom stereocenters. The molecule has 18 heavy (non-hydrogen) atoms. The number of aliphatic carboxylic acids is 1. The maximum atomic E-state index is 10.9. The van der Waals surface area contributed by atoms with Crippen molar-refractivity contribution in [1.82, 2.24) is 0 Å². The van der Waals surface area contributed by atoms with E-state index in [1.807, 2.05) is 0 Å². The zero-order chi connectivity index (χ0) is 12.5. The standard InChI is InChI=1S/C14H15NO2S/c16-14(17)10-5-7-15(8-6-10)13-9-11-3-1-2-4-12(11)18-13/h1-4,9-10H,5-8H2,(H,16,17). The van der Waals surface area contributed by atoms with Gasteiger partial charge in [-0.25, -0.2) is 0 Å². The smallest absolute Gasteiger partial charge is 0.306 e. The SMILES string of the molecule is O=C(O)C1CCN(c2cc3ccccc3s2)CC1. The minimum atomic E-state index is -0.647. The van der Waals surface area contributed by atoms with Crippen molar-refractivity contribution in [3.63, 3.8) is 0 Å². The van der Waals surface area contributed by atoms with Crippen LogP contribution in [-0.4, -0.2) is 24.2 Å². The predicted molar refractivity (Wildman–Crippen MR) is 74.4 cm³/mol. The Bertz CT molecular complexity index is 537. The molecule has 0 saturated carbocycles. The monoisotopic (exact) mass is 261 g/mol. The van der Waals surface area contributed by atoms with Crippen LogP contribution in [0.15, 0.2) is 30.3 Å². The number of hydrogen-bond acceptors (Lipinski definition) is 3. The van der Waals surface area contributed by atoms with E-state index >= 15 is 0 Å². The van der Waals surface area contributed by atoms with Crippen molar-refractivity contribution in [2.75, 3.05) is 18.0 Å². The van der Waals surface area contributed by atoms with Crippen molar-refractivity contribution >= 4 is 32.4 Å². The Morgan fingerprint density at radius 2 is 2.00 bits per heavy atom. The van der Waals surface area contributed by atoms with Gasteiger partial charge in [-0.05, 0) is 30.4 Å². The lowest BCUT2D eigenvalue weighted by Crippen LogP contribution is -2.35. The molecule has 3 nitrogen and oxygen atoms in total. The van der Waals surface area contributed by atoms with Crippen molar-refractivity contribution in [3.8, 4) is 0 Å². The van der Waals surface area contributed by atoms with Crippen LogP contribution in [0.1, 0.15) is 12.8 Å². The van der Waals surface area contributed by atoms with Crippen molar-refractivity contribution in [2.24, 2.45) is 5.92 Å². The van der Waals surface area contributed by atoms with Gasteiger partial charge in [-0.3, -0.25) is 4.79 Å². The van der Waals surface area contributed by atoms with Gasteiger partial charge in [-0.15, -0.1) is 11.3 Å². The van der Waals surface area contributed by atoms with Gasteiger partial charge in [-0.1, -0.05) is 18.2 Å². The number of anilines is 1. The molecule has 0 radical (unpaired) electrons. The number of fused-ring (bicyclic) bond motifs is 1. The van der Waals surface area contributed by atoms with Crippen molar-refractivity contribution < 1.29 is 9.90 Å². The lowest BCUT2D eigenvalue weighted by molar-refractivity contribution is -0.142. The van der Waals surface area contributed by atoms with Crippen LogP contribution in [0.4, 0.5) is 5.00 Å². The van der Waals surface area contributed by atoms with Gasteiger partial charge in [0, 0.05) is 17.8 Å². The molecule has 2 heterocycles. The van der Waals surface area contributed by atoms with Crippen LogP contribution in [0.2, 0.25) is 0 Å². The maximum absolute atomic E-state index is 10.9. The van der Waals surface area contributed by atoms with Gasteiger partial charge in [0.15, 0.2) is 0 Å².